The Morgan fingerprint density at radius 1 is 1.16 bits per heavy atom. The molecule has 0 radical (unpaired) electrons. The number of carbonyl (C=O) groups excluding carboxylic acids is 1. The smallest absolute Gasteiger partial charge is 0.262 e. The number of nitrogens with zero attached hydrogens (tertiary/aromatic N) is 3. The number of rotatable bonds is 7. The second-order valence-corrected chi connectivity index (χ2v) is 8.70. The molecule has 0 aliphatic rings. The van der Waals surface area contributed by atoms with Crippen LogP contribution in [0.4, 0.5) is 5.69 Å². The minimum absolute atomic E-state index is 0.0978. The highest BCUT2D eigenvalue weighted by atomic mass is 32.2. The average molecular weight is 447 g/mol. The summed E-state index contributed by atoms with van der Waals surface area (Å²) in [6.07, 6.45) is 0.721. The fourth-order valence-corrected chi connectivity index (χ4v) is 4.65. The highest BCUT2D eigenvalue weighted by Gasteiger charge is 2.14. The number of benzene rings is 2. The zero-order chi connectivity index (χ0) is 21.6. The largest absolute Gasteiger partial charge is 0.325 e. The van der Waals surface area contributed by atoms with E-state index in [-0.39, 0.29) is 17.2 Å². The van der Waals surface area contributed by atoms with E-state index in [0.717, 1.165) is 6.42 Å². The molecule has 4 rings (SSSR count). The molecule has 0 fully saturated rings. The molecule has 0 saturated carbocycles. The molecule has 4 aromatic rings. The number of hydrogen-bond acceptors (Lipinski definition) is 6. The van der Waals surface area contributed by atoms with Crippen molar-refractivity contribution >= 4 is 45.6 Å². The van der Waals surface area contributed by atoms with Gasteiger partial charge in [0.05, 0.1) is 28.3 Å². The SMILES string of the molecule is N#Cc1cccc(NC(=O)CSc2nc3ccccc3c(=O)n2CCc2cccs2)c1. The minimum Gasteiger partial charge on any atom is -0.325 e. The van der Waals surface area contributed by atoms with E-state index < -0.39 is 0 Å². The number of nitrogens with one attached hydrogen (secondary N) is 1. The number of aryl methyl sites for hydroxylation is 1. The first kappa shape index (κ1) is 20.8. The zero-order valence-electron chi connectivity index (χ0n) is 16.4. The second kappa shape index (κ2) is 9.60. The number of fused-ring (bicyclic) bond motifs is 1. The van der Waals surface area contributed by atoms with E-state index in [9.17, 15) is 9.59 Å². The summed E-state index contributed by atoms with van der Waals surface area (Å²) in [6, 6.07) is 20.1. The van der Waals surface area contributed by atoms with Gasteiger partial charge in [0.1, 0.15) is 0 Å². The van der Waals surface area contributed by atoms with Crippen molar-refractivity contribution in [3.05, 3.63) is 86.8 Å². The maximum atomic E-state index is 13.1. The lowest BCUT2D eigenvalue weighted by Crippen LogP contribution is -2.25. The van der Waals surface area contributed by atoms with Crippen LogP contribution in [0.15, 0.2) is 76.0 Å². The van der Waals surface area contributed by atoms with Gasteiger partial charge in [0, 0.05) is 17.1 Å². The summed E-state index contributed by atoms with van der Waals surface area (Å²) in [5, 5.41) is 14.9. The second-order valence-electron chi connectivity index (χ2n) is 6.73. The molecule has 0 bridgehead atoms. The van der Waals surface area contributed by atoms with Crippen molar-refractivity contribution < 1.29 is 4.79 Å². The molecular weight excluding hydrogens is 428 g/mol. The van der Waals surface area contributed by atoms with Crippen molar-refractivity contribution in [1.29, 1.82) is 5.26 Å². The molecule has 8 heteroatoms. The summed E-state index contributed by atoms with van der Waals surface area (Å²) in [5.41, 5.74) is 1.55. The molecule has 1 amide bonds. The van der Waals surface area contributed by atoms with Gasteiger partial charge in [0.15, 0.2) is 5.16 Å². The molecular formula is C23H18N4O2S2. The van der Waals surface area contributed by atoms with Gasteiger partial charge in [-0.25, -0.2) is 4.98 Å². The van der Waals surface area contributed by atoms with Crippen LogP contribution in [0, 0.1) is 11.3 Å². The fourth-order valence-electron chi connectivity index (χ4n) is 3.13. The standard InChI is InChI=1S/C23H18N4O2S2/c24-14-16-5-3-6-17(13-16)25-21(28)15-31-23-26-20-9-2-1-8-19(20)22(29)27(23)11-10-18-7-4-12-30-18/h1-9,12-13H,10-11,15H2,(H,25,28). The van der Waals surface area contributed by atoms with Crippen LogP contribution in [0.1, 0.15) is 10.4 Å². The van der Waals surface area contributed by atoms with E-state index in [1.54, 1.807) is 52.3 Å². The van der Waals surface area contributed by atoms with Gasteiger partial charge < -0.3 is 5.32 Å². The molecule has 2 aromatic heterocycles. The highest BCUT2D eigenvalue weighted by Crippen LogP contribution is 2.20. The summed E-state index contributed by atoms with van der Waals surface area (Å²) in [4.78, 5) is 31.4. The van der Waals surface area contributed by atoms with E-state index in [0.29, 0.717) is 33.9 Å². The monoisotopic (exact) mass is 446 g/mol. The first-order valence-corrected chi connectivity index (χ1v) is 11.5. The van der Waals surface area contributed by atoms with Gasteiger partial charge in [-0.05, 0) is 48.2 Å². The Morgan fingerprint density at radius 3 is 2.84 bits per heavy atom. The van der Waals surface area contributed by atoms with Crippen LogP contribution in [-0.2, 0) is 17.8 Å². The Kier molecular flexibility index (Phi) is 6.46. The van der Waals surface area contributed by atoms with Crippen molar-refractivity contribution in [3.63, 3.8) is 0 Å². The number of hydrogen-bond donors (Lipinski definition) is 1. The molecule has 154 valence electrons. The molecule has 0 aliphatic carbocycles. The number of thiophene rings is 1. The molecule has 0 spiro atoms. The topological polar surface area (TPSA) is 87.8 Å². The van der Waals surface area contributed by atoms with Crippen molar-refractivity contribution in [1.82, 2.24) is 9.55 Å². The molecule has 2 heterocycles. The van der Waals surface area contributed by atoms with Crippen LogP contribution in [-0.4, -0.2) is 21.2 Å². The number of nitriles is 1. The van der Waals surface area contributed by atoms with Gasteiger partial charge in [-0.1, -0.05) is 36.0 Å². The Morgan fingerprint density at radius 2 is 2.03 bits per heavy atom. The summed E-state index contributed by atoms with van der Waals surface area (Å²) in [6.45, 7) is 0.491. The summed E-state index contributed by atoms with van der Waals surface area (Å²) in [5.74, 6) is -0.132. The van der Waals surface area contributed by atoms with Gasteiger partial charge >= 0.3 is 0 Å². The molecule has 1 N–H and O–H groups in total. The van der Waals surface area contributed by atoms with Gasteiger partial charge in [-0.15, -0.1) is 11.3 Å². The van der Waals surface area contributed by atoms with E-state index in [4.69, 9.17) is 5.26 Å². The van der Waals surface area contributed by atoms with Crippen LogP contribution in [0.2, 0.25) is 0 Å². The Labute approximate surface area is 187 Å². The molecule has 0 atom stereocenters. The maximum absolute atomic E-state index is 13.1. The number of amides is 1. The van der Waals surface area contributed by atoms with E-state index in [1.807, 2.05) is 29.6 Å². The molecule has 2 aromatic carbocycles. The lowest BCUT2D eigenvalue weighted by molar-refractivity contribution is -0.113. The van der Waals surface area contributed by atoms with E-state index in [1.165, 1.54) is 16.6 Å². The zero-order valence-corrected chi connectivity index (χ0v) is 18.1. The molecule has 0 unspecified atom stereocenters. The lowest BCUT2D eigenvalue weighted by atomic mass is 10.2. The molecule has 0 saturated heterocycles. The first-order valence-electron chi connectivity index (χ1n) is 9.59. The Hall–Kier alpha value is -3.41. The third-order valence-corrected chi connectivity index (χ3v) is 6.51. The van der Waals surface area contributed by atoms with Crippen LogP contribution < -0.4 is 10.9 Å². The third-order valence-electron chi connectivity index (χ3n) is 4.60. The average Bonchev–Trinajstić information content (AvgIpc) is 3.31. The highest BCUT2D eigenvalue weighted by molar-refractivity contribution is 7.99. The van der Waals surface area contributed by atoms with Crippen molar-refractivity contribution in [3.8, 4) is 6.07 Å². The lowest BCUT2D eigenvalue weighted by Gasteiger charge is -2.13. The Bertz CT molecular complexity index is 1320. The predicted molar refractivity (Wildman–Crippen MR) is 125 cm³/mol. The summed E-state index contributed by atoms with van der Waals surface area (Å²) >= 11 is 2.88. The van der Waals surface area contributed by atoms with Crippen LogP contribution in [0.25, 0.3) is 10.9 Å². The van der Waals surface area contributed by atoms with Crippen molar-refractivity contribution in [2.75, 3.05) is 11.1 Å². The minimum atomic E-state index is -0.229. The van der Waals surface area contributed by atoms with E-state index in [2.05, 4.69) is 16.4 Å². The predicted octanol–water partition coefficient (Wildman–Crippen LogP) is 4.30. The first-order chi connectivity index (χ1) is 15.1. The summed E-state index contributed by atoms with van der Waals surface area (Å²) in [7, 11) is 0. The van der Waals surface area contributed by atoms with Crippen molar-refractivity contribution in [2.24, 2.45) is 0 Å². The molecule has 6 nitrogen and oxygen atoms in total. The van der Waals surface area contributed by atoms with Gasteiger partial charge in [-0.2, -0.15) is 5.26 Å². The Balaban J connectivity index is 1.55. The van der Waals surface area contributed by atoms with Crippen LogP contribution in [0.3, 0.4) is 0 Å². The van der Waals surface area contributed by atoms with E-state index >= 15 is 0 Å². The number of aromatic nitrogens is 2. The number of thioether (sulfide) groups is 1. The fraction of sp³-hybridized carbons (Fsp3) is 0.130. The van der Waals surface area contributed by atoms with Gasteiger partial charge in [-0.3, -0.25) is 14.2 Å². The quantitative estimate of drug-likeness (QED) is 0.338. The maximum Gasteiger partial charge on any atom is 0.262 e. The number of para-hydroxylation sites is 1. The van der Waals surface area contributed by atoms with Crippen LogP contribution in [0.5, 0.6) is 0 Å². The van der Waals surface area contributed by atoms with Gasteiger partial charge in [0.2, 0.25) is 5.91 Å². The number of anilines is 1. The van der Waals surface area contributed by atoms with Crippen molar-refractivity contribution in [2.45, 2.75) is 18.1 Å². The van der Waals surface area contributed by atoms with Crippen LogP contribution >= 0.6 is 23.1 Å². The summed E-state index contributed by atoms with van der Waals surface area (Å²) < 4.78 is 1.65. The van der Waals surface area contributed by atoms with Gasteiger partial charge in [0.25, 0.3) is 5.56 Å². The molecule has 31 heavy (non-hydrogen) atoms. The normalized spacial score (nSPS) is 10.7. The molecule has 0 aliphatic heterocycles. The number of carbonyl (C=O) groups is 1. The third kappa shape index (κ3) is 5.02.